The highest BCUT2D eigenvalue weighted by Gasteiger charge is 2.22. The molecule has 4 heteroatoms. The van der Waals surface area contributed by atoms with Crippen molar-refractivity contribution in [2.75, 3.05) is 37.5 Å². The minimum atomic E-state index is 0.529. The van der Waals surface area contributed by atoms with E-state index in [2.05, 4.69) is 30.1 Å². The Morgan fingerprint density at radius 3 is 2.56 bits per heavy atom. The first-order valence-electron chi connectivity index (χ1n) is 6.47. The highest BCUT2D eigenvalue weighted by Crippen LogP contribution is 2.40. The van der Waals surface area contributed by atoms with Gasteiger partial charge in [0.1, 0.15) is 0 Å². The number of fused-ring (bicyclic) bond motifs is 1. The monoisotopic (exact) mass is 250 g/mol. The van der Waals surface area contributed by atoms with Crippen molar-refractivity contribution in [3.63, 3.8) is 0 Å². The molecule has 18 heavy (non-hydrogen) atoms. The molecule has 0 aromatic heterocycles. The van der Waals surface area contributed by atoms with Crippen LogP contribution in [0.15, 0.2) is 12.1 Å². The first-order chi connectivity index (χ1) is 8.71. The molecule has 2 rings (SSSR count). The summed E-state index contributed by atoms with van der Waals surface area (Å²) in [4.78, 5) is 2.40. The zero-order valence-electron chi connectivity index (χ0n) is 11.6. The van der Waals surface area contributed by atoms with Crippen molar-refractivity contribution in [2.24, 2.45) is 0 Å². The Labute approximate surface area is 109 Å². The molecule has 0 amide bonds. The lowest BCUT2D eigenvalue weighted by Crippen LogP contribution is -2.32. The third-order valence-corrected chi connectivity index (χ3v) is 3.56. The molecule has 1 aromatic carbocycles. The summed E-state index contributed by atoms with van der Waals surface area (Å²) in [5.41, 5.74) is 2.32. The standard InChI is InChI=1S/C14H22N2O2/c1-5-16-10(2)6-7-15-11-8-13(17-3)14(18-4)9-12(11)16/h8-10,15H,5-7H2,1-4H3. The second kappa shape index (κ2) is 5.38. The van der Waals surface area contributed by atoms with Gasteiger partial charge in [0.15, 0.2) is 11.5 Å². The van der Waals surface area contributed by atoms with Crippen LogP contribution < -0.4 is 19.7 Å². The number of rotatable bonds is 3. The molecule has 1 aliphatic rings. The predicted octanol–water partition coefficient (Wildman–Crippen LogP) is 2.73. The van der Waals surface area contributed by atoms with E-state index in [0.29, 0.717) is 6.04 Å². The summed E-state index contributed by atoms with van der Waals surface area (Å²) in [6, 6.07) is 4.61. The molecule has 0 saturated carbocycles. The van der Waals surface area contributed by atoms with E-state index in [-0.39, 0.29) is 0 Å². The number of ether oxygens (including phenoxy) is 2. The van der Waals surface area contributed by atoms with E-state index >= 15 is 0 Å². The Balaban J connectivity index is 2.50. The number of nitrogens with one attached hydrogen (secondary N) is 1. The highest BCUT2D eigenvalue weighted by molar-refractivity contribution is 5.76. The Morgan fingerprint density at radius 1 is 1.28 bits per heavy atom. The maximum atomic E-state index is 5.39. The van der Waals surface area contributed by atoms with Crippen LogP contribution in [0.25, 0.3) is 0 Å². The van der Waals surface area contributed by atoms with E-state index in [4.69, 9.17) is 9.47 Å². The van der Waals surface area contributed by atoms with Crippen LogP contribution in [0.1, 0.15) is 20.3 Å². The van der Waals surface area contributed by atoms with Crippen molar-refractivity contribution < 1.29 is 9.47 Å². The van der Waals surface area contributed by atoms with Gasteiger partial charge in [-0.2, -0.15) is 0 Å². The molecule has 4 nitrogen and oxygen atoms in total. The summed E-state index contributed by atoms with van der Waals surface area (Å²) in [6.45, 7) is 6.42. The van der Waals surface area contributed by atoms with Crippen molar-refractivity contribution in [1.29, 1.82) is 0 Å². The molecule has 0 saturated heterocycles. The third-order valence-electron chi connectivity index (χ3n) is 3.56. The Kier molecular flexibility index (Phi) is 3.84. The predicted molar refractivity (Wildman–Crippen MR) is 75.1 cm³/mol. The maximum absolute atomic E-state index is 5.39. The van der Waals surface area contributed by atoms with E-state index in [1.165, 1.54) is 5.69 Å². The minimum Gasteiger partial charge on any atom is -0.493 e. The van der Waals surface area contributed by atoms with Gasteiger partial charge in [0.2, 0.25) is 0 Å². The van der Waals surface area contributed by atoms with E-state index < -0.39 is 0 Å². The molecule has 0 spiro atoms. The fourth-order valence-electron chi connectivity index (χ4n) is 2.54. The quantitative estimate of drug-likeness (QED) is 0.894. The van der Waals surface area contributed by atoms with Crippen LogP contribution in [0.2, 0.25) is 0 Å². The molecule has 1 aliphatic heterocycles. The molecular weight excluding hydrogens is 228 g/mol. The van der Waals surface area contributed by atoms with Gasteiger partial charge < -0.3 is 19.7 Å². The van der Waals surface area contributed by atoms with Gasteiger partial charge in [0, 0.05) is 31.3 Å². The third kappa shape index (κ3) is 2.19. The smallest absolute Gasteiger partial charge is 0.162 e. The Morgan fingerprint density at radius 2 is 1.94 bits per heavy atom. The van der Waals surface area contributed by atoms with Crippen molar-refractivity contribution in [3.05, 3.63) is 12.1 Å². The van der Waals surface area contributed by atoms with Crippen molar-refractivity contribution in [2.45, 2.75) is 26.3 Å². The van der Waals surface area contributed by atoms with Crippen LogP contribution in [0.4, 0.5) is 11.4 Å². The van der Waals surface area contributed by atoms with Crippen LogP contribution >= 0.6 is 0 Å². The van der Waals surface area contributed by atoms with E-state index in [9.17, 15) is 0 Å². The van der Waals surface area contributed by atoms with E-state index in [1.807, 2.05) is 6.07 Å². The molecule has 0 radical (unpaired) electrons. The summed E-state index contributed by atoms with van der Waals surface area (Å²) < 4.78 is 10.7. The van der Waals surface area contributed by atoms with Gasteiger partial charge in [-0.25, -0.2) is 0 Å². The SMILES string of the molecule is CCN1c2cc(OC)c(OC)cc2NCCC1C. The molecule has 1 N–H and O–H groups in total. The van der Waals surface area contributed by atoms with Gasteiger partial charge in [-0.1, -0.05) is 0 Å². The molecule has 0 fully saturated rings. The molecular formula is C14H22N2O2. The number of methoxy groups -OCH3 is 2. The largest absolute Gasteiger partial charge is 0.493 e. The Hall–Kier alpha value is -1.58. The molecule has 0 bridgehead atoms. The number of hydrogen-bond acceptors (Lipinski definition) is 4. The summed E-state index contributed by atoms with van der Waals surface area (Å²) in [7, 11) is 3.34. The molecule has 1 unspecified atom stereocenters. The van der Waals surface area contributed by atoms with Gasteiger partial charge in [0.25, 0.3) is 0 Å². The summed E-state index contributed by atoms with van der Waals surface area (Å²) in [5.74, 6) is 1.56. The zero-order valence-corrected chi connectivity index (χ0v) is 11.6. The van der Waals surface area contributed by atoms with Gasteiger partial charge in [-0.05, 0) is 20.3 Å². The second-order valence-corrected chi connectivity index (χ2v) is 4.57. The fraction of sp³-hybridized carbons (Fsp3) is 0.571. The molecule has 100 valence electrons. The van der Waals surface area contributed by atoms with Crippen molar-refractivity contribution in [3.8, 4) is 11.5 Å². The highest BCUT2D eigenvalue weighted by atomic mass is 16.5. The fourth-order valence-corrected chi connectivity index (χ4v) is 2.54. The average molecular weight is 250 g/mol. The van der Waals surface area contributed by atoms with Crippen LogP contribution in [0.3, 0.4) is 0 Å². The zero-order chi connectivity index (χ0) is 13.1. The summed E-state index contributed by atoms with van der Waals surface area (Å²) >= 11 is 0. The number of benzene rings is 1. The molecule has 1 heterocycles. The van der Waals surface area contributed by atoms with Gasteiger partial charge >= 0.3 is 0 Å². The van der Waals surface area contributed by atoms with Gasteiger partial charge in [0.05, 0.1) is 25.6 Å². The maximum Gasteiger partial charge on any atom is 0.162 e. The first-order valence-corrected chi connectivity index (χ1v) is 6.47. The van der Waals surface area contributed by atoms with Gasteiger partial charge in [-0.15, -0.1) is 0 Å². The number of nitrogens with zero attached hydrogens (tertiary/aromatic N) is 1. The lowest BCUT2D eigenvalue weighted by molar-refractivity contribution is 0.355. The normalized spacial score (nSPS) is 18.7. The number of anilines is 2. The van der Waals surface area contributed by atoms with E-state index in [1.54, 1.807) is 14.2 Å². The van der Waals surface area contributed by atoms with E-state index in [0.717, 1.165) is 36.7 Å². The average Bonchev–Trinajstić information content (AvgIpc) is 2.54. The van der Waals surface area contributed by atoms with Gasteiger partial charge in [-0.3, -0.25) is 0 Å². The van der Waals surface area contributed by atoms with Crippen molar-refractivity contribution >= 4 is 11.4 Å². The summed E-state index contributed by atoms with van der Waals surface area (Å²) in [6.07, 6.45) is 1.13. The van der Waals surface area contributed by atoms with Crippen LogP contribution in [0, 0.1) is 0 Å². The number of hydrogen-bond donors (Lipinski definition) is 1. The van der Waals surface area contributed by atoms with Crippen LogP contribution in [-0.4, -0.2) is 33.4 Å². The minimum absolute atomic E-state index is 0.529. The second-order valence-electron chi connectivity index (χ2n) is 4.57. The molecule has 1 atom stereocenters. The summed E-state index contributed by atoms with van der Waals surface area (Å²) in [5, 5.41) is 3.47. The van der Waals surface area contributed by atoms with Crippen LogP contribution in [-0.2, 0) is 0 Å². The Bertz CT molecular complexity index is 421. The topological polar surface area (TPSA) is 33.7 Å². The molecule has 1 aromatic rings. The lowest BCUT2D eigenvalue weighted by Gasteiger charge is -2.29. The molecule has 0 aliphatic carbocycles. The van der Waals surface area contributed by atoms with Crippen molar-refractivity contribution in [1.82, 2.24) is 0 Å². The van der Waals surface area contributed by atoms with Crippen LogP contribution in [0.5, 0.6) is 11.5 Å². The lowest BCUT2D eigenvalue weighted by atomic mass is 10.1. The first kappa shape index (κ1) is 12.9.